The van der Waals surface area contributed by atoms with E-state index >= 15 is 0 Å². The molecule has 7 nitrogen and oxygen atoms in total. The molecule has 2 aromatic rings. The minimum atomic E-state index is -5.09. The fraction of sp³-hybridized carbons (Fsp3) is 0.0769. The van der Waals surface area contributed by atoms with Gasteiger partial charge in [0.05, 0.1) is 32.2 Å². The Morgan fingerprint density at radius 2 is 1.62 bits per heavy atom. The van der Waals surface area contributed by atoms with Crippen molar-refractivity contribution < 1.29 is 23.0 Å². The number of alkyl halides is 3. The van der Waals surface area contributed by atoms with Crippen LogP contribution in [0.2, 0.25) is 5.02 Å². The lowest BCUT2D eigenvalue weighted by Crippen LogP contribution is -2.12. The summed E-state index contributed by atoms with van der Waals surface area (Å²) in [4.78, 5) is 19.8. The predicted octanol–water partition coefficient (Wildman–Crippen LogP) is 6.44. The maximum absolute atomic E-state index is 13.4. The third kappa shape index (κ3) is 4.24. The Labute approximate surface area is 164 Å². The summed E-state index contributed by atoms with van der Waals surface area (Å²) in [7, 11) is 0. The molecule has 0 saturated heterocycles. The van der Waals surface area contributed by atoms with E-state index in [9.17, 15) is 33.4 Å². The molecule has 26 heavy (non-hydrogen) atoms. The third-order valence-corrected chi connectivity index (χ3v) is 4.45. The van der Waals surface area contributed by atoms with Gasteiger partial charge in [-0.1, -0.05) is 27.5 Å². The predicted molar refractivity (Wildman–Crippen MR) is 94.9 cm³/mol. The van der Waals surface area contributed by atoms with E-state index in [4.69, 9.17) is 11.6 Å². The van der Waals surface area contributed by atoms with Crippen molar-refractivity contribution in [2.45, 2.75) is 6.18 Å². The van der Waals surface area contributed by atoms with Crippen molar-refractivity contribution in [3.05, 3.63) is 64.0 Å². The molecule has 2 rings (SSSR count). The highest BCUT2D eigenvalue weighted by Crippen LogP contribution is 2.46. The second-order valence-corrected chi connectivity index (χ2v) is 6.95. The van der Waals surface area contributed by atoms with Gasteiger partial charge in [0, 0.05) is 15.0 Å². The Morgan fingerprint density at radius 3 is 2.08 bits per heavy atom. The van der Waals surface area contributed by atoms with Crippen molar-refractivity contribution >= 4 is 66.2 Å². The molecule has 13 heteroatoms. The summed E-state index contributed by atoms with van der Waals surface area (Å²) in [6.45, 7) is 0. The van der Waals surface area contributed by atoms with Crippen LogP contribution in [0, 0.1) is 20.2 Å². The number of benzene rings is 2. The first kappa shape index (κ1) is 20.4. The summed E-state index contributed by atoms with van der Waals surface area (Å²) in [5.41, 5.74) is -4.77. The molecule has 0 aliphatic carbocycles. The molecule has 0 unspecified atom stereocenters. The highest BCUT2D eigenvalue weighted by Gasteiger charge is 2.40. The molecule has 0 atom stereocenters. The fourth-order valence-corrected chi connectivity index (χ4v) is 3.84. The van der Waals surface area contributed by atoms with Gasteiger partial charge in [-0.05, 0) is 28.1 Å². The number of rotatable bonds is 4. The molecule has 2 aromatic carbocycles. The van der Waals surface area contributed by atoms with Gasteiger partial charge in [0.2, 0.25) is 0 Å². The van der Waals surface area contributed by atoms with Crippen molar-refractivity contribution in [1.29, 1.82) is 0 Å². The van der Waals surface area contributed by atoms with Crippen molar-refractivity contribution in [2.75, 3.05) is 5.32 Å². The molecule has 0 aromatic heterocycles. The number of nitro groups is 2. The zero-order valence-corrected chi connectivity index (χ0v) is 16.0. The molecule has 138 valence electrons. The normalized spacial score (nSPS) is 11.3. The van der Waals surface area contributed by atoms with Gasteiger partial charge < -0.3 is 5.32 Å². The Kier molecular flexibility index (Phi) is 5.78. The largest absolute Gasteiger partial charge is 0.418 e. The number of halogens is 6. The fourth-order valence-electron chi connectivity index (χ4n) is 2.00. The molecule has 0 aliphatic rings. The standard InChI is InChI=1S/C13H5Br2ClF3N3O4/c14-5-1-8(15)12(9(16)2-5)20-11-7(13(17,18)19)3-6(21(23)24)4-10(11)22(25)26/h1-4,20H. The number of hydrogen-bond acceptors (Lipinski definition) is 5. The highest BCUT2D eigenvalue weighted by atomic mass is 79.9. The smallest absolute Gasteiger partial charge is 0.347 e. The average molecular weight is 519 g/mol. The molecule has 0 radical (unpaired) electrons. The lowest BCUT2D eigenvalue weighted by atomic mass is 10.1. The lowest BCUT2D eigenvalue weighted by Gasteiger charge is -2.16. The second kappa shape index (κ2) is 7.37. The van der Waals surface area contributed by atoms with Crippen molar-refractivity contribution in [3.8, 4) is 0 Å². The monoisotopic (exact) mass is 517 g/mol. The number of anilines is 2. The van der Waals surface area contributed by atoms with Crippen LogP contribution in [0.4, 0.5) is 35.9 Å². The lowest BCUT2D eigenvalue weighted by molar-refractivity contribution is -0.394. The summed E-state index contributed by atoms with van der Waals surface area (Å²) in [5.74, 6) is 0. The zero-order valence-electron chi connectivity index (χ0n) is 12.1. The first-order valence-corrected chi connectivity index (χ1v) is 8.33. The molecular weight excluding hydrogens is 514 g/mol. The van der Waals surface area contributed by atoms with Crippen LogP contribution in [0.15, 0.2) is 33.2 Å². The molecule has 0 aliphatic heterocycles. The Bertz CT molecular complexity index is 901. The topological polar surface area (TPSA) is 98.3 Å². The number of hydrogen-bond donors (Lipinski definition) is 1. The van der Waals surface area contributed by atoms with Gasteiger partial charge in [-0.3, -0.25) is 20.2 Å². The van der Waals surface area contributed by atoms with Crippen LogP contribution in [0.25, 0.3) is 0 Å². The molecule has 0 spiro atoms. The van der Waals surface area contributed by atoms with Gasteiger partial charge in [0.25, 0.3) is 11.4 Å². The number of nitrogens with one attached hydrogen (secondary N) is 1. The van der Waals surface area contributed by atoms with Crippen molar-refractivity contribution in [2.24, 2.45) is 0 Å². The van der Waals surface area contributed by atoms with Gasteiger partial charge in [-0.25, -0.2) is 0 Å². The SMILES string of the molecule is O=[N+]([O-])c1cc([N+](=O)[O-])c(Nc2c(Cl)cc(Br)cc2Br)c(C(F)(F)F)c1. The molecule has 0 saturated carbocycles. The van der Waals surface area contributed by atoms with Crippen LogP contribution < -0.4 is 5.32 Å². The number of nitro benzene ring substituents is 2. The first-order valence-electron chi connectivity index (χ1n) is 6.37. The molecule has 0 amide bonds. The summed E-state index contributed by atoms with van der Waals surface area (Å²) in [6, 6.07) is 3.48. The van der Waals surface area contributed by atoms with Gasteiger partial charge in [0.1, 0.15) is 5.69 Å². The molecule has 0 bridgehead atoms. The van der Waals surface area contributed by atoms with E-state index in [2.05, 4.69) is 37.2 Å². The second-order valence-electron chi connectivity index (χ2n) is 4.77. The van der Waals surface area contributed by atoms with Gasteiger partial charge in [-0.15, -0.1) is 0 Å². The Morgan fingerprint density at radius 1 is 1.00 bits per heavy atom. The molecular formula is C13H5Br2ClF3N3O4. The minimum absolute atomic E-state index is 0.0352. The van der Waals surface area contributed by atoms with Crippen LogP contribution in [0.5, 0.6) is 0 Å². The quantitative estimate of drug-likeness (QED) is 0.370. The van der Waals surface area contributed by atoms with E-state index in [1.54, 1.807) is 0 Å². The van der Waals surface area contributed by atoms with E-state index < -0.39 is 38.6 Å². The van der Waals surface area contributed by atoms with E-state index in [1.807, 2.05) is 0 Å². The van der Waals surface area contributed by atoms with Gasteiger partial charge in [0.15, 0.2) is 0 Å². The molecule has 0 heterocycles. The summed E-state index contributed by atoms with van der Waals surface area (Å²) >= 11 is 12.2. The highest BCUT2D eigenvalue weighted by molar-refractivity contribution is 9.11. The van der Waals surface area contributed by atoms with Crippen LogP contribution >= 0.6 is 43.5 Å². The van der Waals surface area contributed by atoms with E-state index in [0.29, 0.717) is 10.5 Å². The van der Waals surface area contributed by atoms with Crippen molar-refractivity contribution in [3.63, 3.8) is 0 Å². The van der Waals surface area contributed by atoms with Crippen molar-refractivity contribution in [1.82, 2.24) is 0 Å². The summed E-state index contributed by atoms with van der Waals surface area (Å²) in [6.07, 6.45) is -5.09. The molecule has 1 N–H and O–H groups in total. The summed E-state index contributed by atoms with van der Waals surface area (Å²) in [5, 5.41) is 24.3. The Hall–Kier alpha value is -1.92. The maximum Gasteiger partial charge on any atom is 0.418 e. The van der Waals surface area contributed by atoms with E-state index in [-0.39, 0.29) is 21.2 Å². The van der Waals surface area contributed by atoms with Crippen LogP contribution in [-0.4, -0.2) is 9.85 Å². The van der Waals surface area contributed by atoms with Crippen LogP contribution in [0.3, 0.4) is 0 Å². The third-order valence-electron chi connectivity index (χ3n) is 3.07. The number of non-ortho nitro benzene ring substituents is 1. The van der Waals surface area contributed by atoms with E-state index in [0.717, 1.165) is 0 Å². The number of nitrogens with zero attached hydrogens (tertiary/aromatic N) is 2. The maximum atomic E-state index is 13.4. The van der Waals surface area contributed by atoms with Crippen LogP contribution in [0.1, 0.15) is 5.56 Å². The first-order chi connectivity index (χ1) is 11.9. The Balaban J connectivity index is 2.78. The van der Waals surface area contributed by atoms with Crippen LogP contribution in [-0.2, 0) is 6.18 Å². The minimum Gasteiger partial charge on any atom is -0.347 e. The zero-order chi connectivity index (χ0) is 19.8. The van der Waals surface area contributed by atoms with E-state index in [1.165, 1.54) is 12.1 Å². The molecule has 0 fully saturated rings. The van der Waals surface area contributed by atoms with Gasteiger partial charge >= 0.3 is 6.18 Å². The van der Waals surface area contributed by atoms with Gasteiger partial charge in [-0.2, -0.15) is 13.2 Å². The average Bonchev–Trinajstić information content (AvgIpc) is 2.48. The summed E-state index contributed by atoms with van der Waals surface area (Å²) < 4.78 is 40.8.